The minimum Gasteiger partial charge on any atom is -0.103 e. The van der Waals surface area contributed by atoms with E-state index < -0.39 is 7.26 Å². The van der Waals surface area contributed by atoms with E-state index >= 15 is 0 Å². The van der Waals surface area contributed by atoms with E-state index in [0.29, 0.717) is 0 Å². The van der Waals surface area contributed by atoms with Crippen LogP contribution in [-0.4, -0.2) is 24.1 Å². The first kappa shape index (κ1) is 17.4. The molecule has 0 spiro atoms. The molecule has 1 heteroatoms. The van der Waals surface area contributed by atoms with Gasteiger partial charge in [-0.15, -0.1) is 6.58 Å². The summed E-state index contributed by atoms with van der Waals surface area (Å²) < 4.78 is 0. The van der Waals surface area contributed by atoms with Gasteiger partial charge in [0, 0.05) is 13.7 Å². The number of rotatable bonds is 12. The Labute approximate surface area is 115 Å². The lowest BCUT2D eigenvalue weighted by molar-refractivity contribution is 0.676. The molecule has 0 amide bonds. The highest BCUT2D eigenvalue weighted by atomic mass is 31.2. The molecule has 0 N–H and O–H groups in total. The molecule has 18 heavy (non-hydrogen) atoms. The Bertz CT molecular complexity index is 238. The van der Waals surface area contributed by atoms with Crippen LogP contribution in [0.4, 0.5) is 0 Å². The van der Waals surface area contributed by atoms with Crippen LogP contribution in [-0.2, 0) is 0 Å². The second kappa shape index (κ2) is 10.3. The fraction of sp³-hybridized carbons (Fsp3) is 0.529. The average molecular weight is 265 g/mol. The maximum Gasteiger partial charge on any atom is 0.0779 e. The van der Waals surface area contributed by atoms with E-state index in [1.165, 1.54) is 19.3 Å². The van der Waals surface area contributed by atoms with Gasteiger partial charge in [-0.1, -0.05) is 57.4 Å². The van der Waals surface area contributed by atoms with Gasteiger partial charge in [0.05, 0.1) is 24.1 Å². The normalized spacial score (nSPS) is 12.7. The van der Waals surface area contributed by atoms with Crippen molar-refractivity contribution < 1.29 is 0 Å². The van der Waals surface area contributed by atoms with Gasteiger partial charge in [0.2, 0.25) is 0 Å². The third-order valence-corrected chi connectivity index (χ3v) is 8.56. The summed E-state index contributed by atoms with van der Waals surface area (Å²) in [4.78, 5) is 0. The van der Waals surface area contributed by atoms with Crippen LogP contribution in [0.5, 0.6) is 0 Å². The fourth-order valence-corrected chi connectivity index (χ4v) is 6.90. The Morgan fingerprint density at radius 1 is 0.889 bits per heavy atom. The molecule has 0 saturated heterocycles. The van der Waals surface area contributed by atoms with E-state index in [4.69, 9.17) is 0 Å². The van der Waals surface area contributed by atoms with Crippen LogP contribution in [0.1, 0.15) is 32.6 Å². The molecule has 0 bridgehead atoms. The molecule has 102 valence electrons. The van der Waals surface area contributed by atoms with Crippen molar-refractivity contribution >= 4 is 7.26 Å². The van der Waals surface area contributed by atoms with Crippen LogP contribution >= 0.6 is 7.26 Å². The van der Waals surface area contributed by atoms with E-state index in [1.807, 2.05) is 0 Å². The first-order chi connectivity index (χ1) is 8.70. The van der Waals surface area contributed by atoms with E-state index in [9.17, 15) is 0 Å². The summed E-state index contributed by atoms with van der Waals surface area (Å²) in [7, 11) is -1.08. The van der Waals surface area contributed by atoms with Crippen LogP contribution in [0.25, 0.3) is 0 Å². The van der Waals surface area contributed by atoms with Crippen molar-refractivity contribution in [1.82, 2.24) is 0 Å². The zero-order valence-corrected chi connectivity index (χ0v) is 13.0. The SMILES string of the molecule is C=CCC(CCCC)[P+](CC=C)(CC=C)CC=C. The molecular formula is C17H30P+. The number of allylic oxidation sites excluding steroid dienone is 4. The quantitative estimate of drug-likeness (QED) is 0.314. The smallest absolute Gasteiger partial charge is 0.0779 e. The predicted molar refractivity (Wildman–Crippen MR) is 90.2 cm³/mol. The molecule has 0 aromatic carbocycles. The number of unbranched alkanes of at least 4 members (excludes halogenated alkanes) is 1. The summed E-state index contributed by atoms with van der Waals surface area (Å²) in [5, 5.41) is 0. The van der Waals surface area contributed by atoms with Crippen LogP contribution < -0.4 is 0 Å². The van der Waals surface area contributed by atoms with E-state index in [2.05, 4.69) is 57.5 Å². The molecule has 0 radical (unpaired) electrons. The average Bonchev–Trinajstić information content (AvgIpc) is 2.35. The van der Waals surface area contributed by atoms with Crippen molar-refractivity contribution in [3.8, 4) is 0 Å². The van der Waals surface area contributed by atoms with Crippen LogP contribution in [0.3, 0.4) is 0 Å². The molecule has 0 fully saturated rings. The standard InChI is InChI=1S/C17H30P/c1-6-11-13-17(12-7-2)18(14-8-3,15-9-4)16-10-5/h7-10,17H,2-6,11-16H2,1H3/q+1. The van der Waals surface area contributed by atoms with Crippen molar-refractivity contribution in [1.29, 1.82) is 0 Å². The first-order valence-electron chi connectivity index (χ1n) is 7.00. The second-order valence-electron chi connectivity index (χ2n) is 4.95. The van der Waals surface area contributed by atoms with Crippen molar-refractivity contribution in [2.24, 2.45) is 0 Å². The van der Waals surface area contributed by atoms with Gasteiger partial charge in [-0.25, -0.2) is 0 Å². The highest BCUT2D eigenvalue weighted by molar-refractivity contribution is 7.77. The maximum absolute atomic E-state index is 3.97. The van der Waals surface area contributed by atoms with Gasteiger partial charge >= 0.3 is 0 Å². The molecule has 1 atom stereocenters. The number of hydrogen-bond donors (Lipinski definition) is 0. The molecule has 0 aliphatic carbocycles. The lowest BCUT2D eigenvalue weighted by atomic mass is 10.1. The van der Waals surface area contributed by atoms with Crippen molar-refractivity contribution in [3.05, 3.63) is 50.6 Å². The molecule has 0 aromatic rings. The third kappa shape index (κ3) is 5.36. The molecule has 0 aromatic heterocycles. The van der Waals surface area contributed by atoms with Gasteiger partial charge in [-0.05, 0) is 12.8 Å². The summed E-state index contributed by atoms with van der Waals surface area (Å²) in [6, 6.07) is 0. The van der Waals surface area contributed by atoms with Gasteiger partial charge in [-0.2, -0.15) is 0 Å². The Morgan fingerprint density at radius 3 is 1.72 bits per heavy atom. The monoisotopic (exact) mass is 265 g/mol. The minimum atomic E-state index is -1.08. The molecule has 0 aliphatic rings. The van der Waals surface area contributed by atoms with Gasteiger partial charge < -0.3 is 0 Å². The zero-order valence-electron chi connectivity index (χ0n) is 12.1. The zero-order chi connectivity index (χ0) is 13.9. The molecular weight excluding hydrogens is 235 g/mol. The van der Waals surface area contributed by atoms with Crippen molar-refractivity contribution in [2.75, 3.05) is 18.5 Å². The lowest BCUT2D eigenvalue weighted by Crippen LogP contribution is -2.20. The topological polar surface area (TPSA) is 0 Å². The maximum atomic E-state index is 3.97. The molecule has 0 saturated carbocycles. The summed E-state index contributed by atoms with van der Waals surface area (Å²) >= 11 is 0. The van der Waals surface area contributed by atoms with E-state index in [1.54, 1.807) is 0 Å². The molecule has 0 nitrogen and oxygen atoms in total. The predicted octanol–water partition coefficient (Wildman–Crippen LogP) is 5.70. The van der Waals surface area contributed by atoms with E-state index in [-0.39, 0.29) is 0 Å². The Kier molecular flexibility index (Phi) is 9.98. The highest BCUT2D eigenvalue weighted by Crippen LogP contribution is 2.65. The van der Waals surface area contributed by atoms with Crippen LogP contribution in [0, 0.1) is 0 Å². The summed E-state index contributed by atoms with van der Waals surface area (Å²) in [6.07, 6.45) is 16.8. The largest absolute Gasteiger partial charge is 0.103 e. The van der Waals surface area contributed by atoms with Gasteiger partial charge in [0.25, 0.3) is 0 Å². The van der Waals surface area contributed by atoms with Crippen LogP contribution in [0.2, 0.25) is 0 Å². The van der Waals surface area contributed by atoms with Crippen molar-refractivity contribution in [2.45, 2.75) is 38.3 Å². The minimum absolute atomic E-state index is 0.768. The number of hydrogen-bond acceptors (Lipinski definition) is 0. The van der Waals surface area contributed by atoms with E-state index in [0.717, 1.165) is 30.6 Å². The van der Waals surface area contributed by atoms with Gasteiger partial charge in [0.1, 0.15) is 0 Å². The molecule has 0 heterocycles. The molecule has 0 aliphatic heterocycles. The summed E-state index contributed by atoms with van der Waals surface area (Å²) in [6.45, 7) is 18.1. The Morgan fingerprint density at radius 2 is 1.39 bits per heavy atom. The second-order valence-corrected chi connectivity index (χ2v) is 9.22. The highest BCUT2D eigenvalue weighted by Gasteiger charge is 2.41. The summed E-state index contributed by atoms with van der Waals surface area (Å²) in [5.41, 5.74) is 0.768. The molecule has 0 rings (SSSR count). The van der Waals surface area contributed by atoms with Crippen LogP contribution in [0.15, 0.2) is 50.6 Å². The first-order valence-corrected chi connectivity index (χ1v) is 9.41. The fourth-order valence-electron chi connectivity index (χ4n) is 2.69. The Hall–Kier alpha value is -0.610. The Balaban J connectivity index is 5.10. The molecule has 1 unspecified atom stereocenters. The van der Waals surface area contributed by atoms with Gasteiger partial charge in [-0.3, -0.25) is 0 Å². The lowest BCUT2D eigenvalue weighted by Gasteiger charge is -2.32. The third-order valence-electron chi connectivity index (χ3n) is 3.58. The summed E-state index contributed by atoms with van der Waals surface area (Å²) in [5.74, 6) is 0. The van der Waals surface area contributed by atoms with Crippen molar-refractivity contribution in [3.63, 3.8) is 0 Å². The van der Waals surface area contributed by atoms with Gasteiger partial charge in [0.15, 0.2) is 0 Å².